The van der Waals surface area contributed by atoms with E-state index in [0.717, 1.165) is 31.2 Å². The molecular formula is C17H26N2O2. The highest BCUT2D eigenvalue weighted by Crippen LogP contribution is 2.26. The van der Waals surface area contributed by atoms with Gasteiger partial charge in [0.05, 0.1) is 18.1 Å². The van der Waals surface area contributed by atoms with E-state index >= 15 is 0 Å². The van der Waals surface area contributed by atoms with Gasteiger partial charge in [0.25, 0.3) is 0 Å². The third-order valence-corrected chi connectivity index (χ3v) is 4.65. The first-order valence-electron chi connectivity index (χ1n) is 7.77. The van der Waals surface area contributed by atoms with Crippen LogP contribution in [0.25, 0.3) is 0 Å². The van der Waals surface area contributed by atoms with Crippen LogP contribution in [0.5, 0.6) is 0 Å². The monoisotopic (exact) mass is 290 g/mol. The number of aliphatic hydroxyl groups is 1. The Bertz CT molecular complexity index is 463. The van der Waals surface area contributed by atoms with E-state index in [0.29, 0.717) is 0 Å². The second-order valence-electron chi connectivity index (χ2n) is 6.09. The Balaban J connectivity index is 2.04. The molecule has 0 saturated heterocycles. The van der Waals surface area contributed by atoms with Gasteiger partial charge in [0.1, 0.15) is 0 Å². The molecule has 21 heavy (non-hydrogen) atoms. The standard InChI is InChI=1S/C17H26N2O2/c1-12(16(18)13-8-4-3-5-9-13)17(21)19(2)14-10-6-7-11-15(14)20/h3-5,8-9,12,14-16,20H,6-7,10-11,18H2,1-2H3. The van der Waals surface area contributed by atoms with E-state index in [-0.39, 0.29) is 23.9 Å². The van der Waals surface area contributed by atoms with Gasteiger partial charge < -0.3 is 15.7 Å². The number of hydrogen-bond acceptors (Lipinski definition) is 3. The van der Waals surface area contributed by atoms with Crippen molar-refractivity contribution in [1.29, 1.82) is 0 Å². The number of rotatable bonds is 4. The molecule has 4 unspecified atom stereocenters. The van der Waals surface area contributed by atoms with Crippen LogP contribution in [-0.4, -0.2) is 35.1 Å². The van der Waals surface area contributed by atoms with Gasteiger partial charge in [-0.2, -0.15) is 0 Å². The van der Waals surface area contributed by atoms with Crippen molar-refractivity contribution >= 4 is 5.91 Å². The molecule has 1 aromatic rings. The molecule has 0 heterocycles. The predicted octanol–water partition coefficient (Wildman–Crippen LogP) is 2.08. The van der Waals surface area contributed by atoms with Gasteiger partial charge in [0.15, 0.2) is 0 Å². The van der Waals surface area contributed by atoms with Crippen LogP contribution in [0.1, 0.15) is 44.2 Å². The summed E-state index contributed by atoms with van der Waals surface area (Å²) in [6.07, 6.45) is 3.35. The Kier molecular flexibility index (Phi) is 5.37. The first-order valence-corrected chi connectivity index (χ1v) is 7.77. The van der Waals surface area contributed by atoms with Crippen LogP contribution in [0.2, 0.25) is 0 Å². The molecular weight excluding hydrogens is 264 g/mol. The van der Waals surface area contributed by atoms with Crippen molar-refractivity contribution in [3.63, 3.8) is 0 Å². The normalized spacial score (nSPS) is 25.1. The second-order valence-corrected chi connectivity index (χ2v) is 6.09. The van der Waals surface area contributed by atoms with Crippen molar-refractivity contribution in [3.05, 3.63) is 35.9 Å². The number of carbonyl (C=O) groups is 1. The van der Waals surface area contributed by atoms with Crippen molar-refractivity contribution in [2.24, 2.45) is 11.7 Å². The van der Waals surface area contributed by atoms with Crippen LogP contribution in [0.4, 0.5) is 0 Å². The number of nitrogens with zero attached hydrogens (tertiary/aromatic N) is 1. The number of carbonyl (C=O) groups excluding carboxylic acids is 1. The lowest BCUT2D eigenvalue weighted by atomic mass is 9.89. The van der Waals surface area contributed by atoms with Crippen LogP contribution < -0.4 is 5.73 Å². The van der Waals surface area contributed by atoms with Gasteiger partial charge in [-0.25, -0.2) is 0 Å². The summed E-state index contributed by atoms with van der Waals surface area (Å²) in [6, 6.07) is 9.31. The van der Waals surface area contributed by atoms with E-state index < -0.39 is 6.10 Å². The predicted molar refractivity (Wildman–Crippen MR) is 83.6 cm³/mol. The van der Waals surface area contributed by atoms with Gasteiger partial charge >= 0.3 is 0 Å². The molecule has 0 aromatic heterocycles. The lowest BCUT2D eigenvalue weighted by molar-refractivity contribution is -0.140. The average molecular weight is 290 g/mol. The zero-order valence-electron chi connectivity index (χ0n) is 12.9. The Morgan fingerprint density at radius 1 is 1.29 bits per heavy atom. The minimum Gasteiger partial charge on any atom is -0.391 e. The quantitative estimate of drug-likeness (QED) is 0.892. The fourth-order valence-electron chi connectivity index (χ4n) is 3.15. The van der Waals surface area contributed by atoms with Gasteiger partial charge in [-0.05, 0) is 18.4 Å². The van der Waals surface area contributed by atoms with Crippen LogP contribution in [0.15, 0.2) is 30.3 Å². The van der Waals surface area contributed by atoms with Gasteiger partial charge in [-0.15, -0.1) is 0 Å². The molecule has 1 fully saturated rings. The van der Waals surface area contributed by atoms with Crippen molar-refractivity contribution in [3.8, 4) is 0 Å². The molecule has 3 N–H and O–H groups in total. The first kappa shape index (κ1) is 16.0. The van der Waals surface area contributed by atoms with Gasteiger partial charge in [-0.1, -0.05) is 50.1 Å². The summed E-state index contributed by atoms with van der Waals surface area (Å²) in [6.45, 7) is 1.87. The maximum Gasteiger partial charge on any atom is 0.227 e. The lowest BCUT2D eigenvalue weighted by Crippen LogP contribution is -2.49. The molecule has 4 heteroatoms. The molecule has 1 saturated carbocycles. The first-order chi connectivity index (χ1) is 10.0. The SMILES string of the molecule is CC(C(=O)N(C)C1CCCCC1O)C(N)c1ccccc1. The molecule has 1 aromatic carbocycles. The summed E-state index contributed by atoms with van der Waals surface area (Å²) < 4.78 is 0. The molecule has 0 aliphatic heterocycles. The van der Waals surface area contributed by atoms with E-state index in [1.807, 2.05) is 37.3 Å². The Labute approximate surface area is 126 Å². The summed E-state index contributed by atoms with van der Waals surface area (Å²) in [5.41, 5.74) is 7.20. The maximum absolute atomic E-state index is 12.6. The highest BCUT2D eigenvalue weighted by Gasteiger charge is 2.33. The number of likely N-dealkylation sites (N-methyl/N-ethyl adjacent to an activating group) is 1. The Hall–Kier alpha value is -1.39. The van der Waals surface area contributed by atoms with Crippen molar-refractivity contribution in [2.75, 3.05) is 7.05 Å². The van der Waals surface area contributed by atoms with E-state index in [2.05, 4.69) is 0 Å². The smallest absolute Gasteiger partial charge is 0.227 e. The maximum atomic E-state index is 12.6. The summed E-state index contributed by atoms with van der Waals surface area (Å²) in [5, 5.41) is 10.1. The molecule has 1 aliphatic carbocycles. The molecule has 4 nitrogen and oxygen atoms in total. The number of hydrogen-bond donors (Lipinski definition) is 2. The topological polar surface area (TPSA) is 66.6 Å². The summed E-state index contributed by atoms with van der Waals surface area (Å²) in [4.78, 5) is 14.3. The molecule has 1 aliphatic rings. The molecule has 0 bridgehead atoms. The number of nitrogens with two attached hydrogens (primary N) is 1. The Morgan fingerprint density at radius 3 is 2.52 bits per heavy atom. The fourth-order valence-corrected chi connectivity index (χ4v) is 3.15. The van der Waals surface area contributed by atoms with Crippen LogP contribution in [0, 0.1) is 5.92 Å². The highest BCUT2D eigenvalue weighted by molar-refractivity contribution is 5.79. The molecule has 116 valence electrons. The zero-order valence-corrected chi connectivity index (χ0v) is 12.9. The molecule has 0 spiro atoms. The molecule has 1 amide bonds. The van der Waals surface area contributed by atoms with Crippen molar-refractivity contribution < 1.29 is 9.90 Å². The average Bonchev–Trinajstić information content (AvgIpc) is 2.53. The van der Waals surface area contributed by atoms with Gasteiger partial charge in [-0.3, -0.25) is 4.79 Å². The minimum atomic E-state index is -0.409. The largest absolute Gasteiger partial charge is 0.391 e. The van der Waals surface area contributed by atoms with E-state index in [9.17, 15) is 9.90 Å². The highest BCUT2D eigenvalue weighted by atomic mass is 16.3. The Morgan fingerprint density at radius 2 is 1.90 bits per heavy atom. The summed E-state index contributed by atoms with van der Waals surface area (Å²) in [7, 11) is 1.79. The molecule has 4 atom stereocenters. The van der Waals surface area contributed by atoms with Crippen LogP contribution in [-0.2, 0) is 4.79 Å². The van der Waals surface area contributed by atoms with Crippen LogP contribution in [0.3, 0.4) is 0 Å². The van der Waals surface area contributed by atoms with Crippen molar-refractivity contribution in [1.82, 2.24) is 4.90 Å². The third-order valence-electron chi connectivity index (χ3n) is 4.65. The zero-order chi connectivity index (χ0) is 15.4. The molecule has 0 radical (unpaired) electrons. The number of benzene rings is 1. The minimum absolute atomic E-state index is 0.0114. The van der Waals surface area contributed by atoms with E-state index in [1.54, 1.807) is 11.9 Å². The van der Waals surface area contributed by atoms with E-state index in [4.69, 9.17) is 5.73 Å². The second kappa shape index (κ2) is 7.05. The van der Waals surface area contributed by atoms with Gasteiger partial charge in [0, 0.05) is 13.1 Å². The van der Waals surface area contributed by atoms with Gasteiger partial charge in [0.2, 0.25) is 5.91 Å². The third kappa shape index (κ3) is 3.63. The van der Waals surface area contributed by atoms with Crippen molar-refractivity contribution in [2.45, 2.75) is 50.8 Å². The molecule has 2 rings (SSSR count). The fraction of sp³-hybridized carbons (Fsp3) is 0.588. The summed E-state index contributed by atoms with van der Waals surface area (Å²) in [5.74, 6) is -0.288. The number of aliphatic hydroxyl groups excluding tert-OH is 1. The number of amides is 1. The summed E-state index contributed by atoms with van der Waals surface area (Å²) >= 11 is 0. The van der Waals surface area contributed by atoms with Crippen LogP contribution >= 0.6 is 0 Å². The van der Waals surface area contributed by atoms with E-state index in [1.165, 1.54) is 0 Å². The lowest BCUT2D eigenvalue weighted by Gasteiger charge is -2.37.